The second kappa shape index (κ2) is 12.1. The van der Waals surface area contributed by atoms with Gasteiger partial charge < -0.3 is 19.5 Å². The largest absolute Gasteiger partial charge is 0.493 e. The standard InChI is InChI=1S/C29H32ClNO5S/c1-5-37-13-12-36-29(33)26-17(2)31-22-14-20(19-8-11-24(34-3)25(16-19)35-4)15-23(32)28(22)27(26)18-6-9-21(30)10-7-18/h6-11,16,20,27,31H,5,12-15H2,1-4H3/t20-,27-/m1/s1. The zero-order valence-corrected chi connectivity index (χ0v) is 23.1. The van der Waals surface area contributed by atoms with Crippen LogP contribution in [0.3, 0.4) is 0 Å². The highest BCUT2D eigenvalue weighted by Crippen LogP contribution is 2.46. The fraction of sp³-hybridized carbons (Fsp3) is 0.379. The number of hydrogen-bond acceptors (Lipinski definition) is 7. The summed E-state index contributed by atoms with van der Waals surface area (Å²) in [6, 6.07) is 13.1. The summed E-state index contributed by atoms with van der Waals surface area (Å²) in [5.41, 5.74) is 4.48. The number of hydrogen-bond donors (Lipinski definition) is 1. The zero-order chi connectivity index (χ0) is 26.5. The number of nitrogens with one attached hydrogen (secondary N) is 1. The maximum Gasteiger partial charge on any atom is 0.336 e. The Morgan fingerprint density at radius 3 is 2.43 bits per heavy atom. The summed E-state index contributed by atoms with van der Waals surface area (Å²) in [6.45, 7) is 4.26. The number of thioether (sulfide) groups is 1. The number of rotatable bonds is 9. The average molecular weight is 542 g/mol. The molecule has 1 heterocycles. The van der Waals surface area contributed by atoms with Crippen LogP contribution in [-0.4, -0.2) is 44.1 Å². The van der Waals surface area contributed by atoms with Crippen LogP contribution in [0, 0.1) is 0 Å². The zero-order valence-electron chi connectivity index (χ0n) is 21.6. The Hall–Kier alpha value is -2.90. The summed E-state index contributed by atoms with van der Waals surface area (Å²) in [6.07, 6.45) is 0.960. The van der Waals surface area contributed by atoms with Crippen molar-refractivity contribution in [2.24, 2.45) is 0 Å². The summed E-state index contributed by atoms with van der Waals surface area (Å²) in [5, 5.41) is 3.99. The van der Waals surface area contributed by atoms with E-state index in [1.54, 1.807) is 38.1 Å². The predicted octanol–water partition coefficient (Wildman–Crippen LogP) is 6.02. The molecule has 2 aromatic carbocycles. The molecule has 0 saturated carbocycles. The first-order valence-electron chi connectivity index (χ1n) is 12.3. The molecule has 0 bridgehead atoms. The Morgan fingerprint density at radius 1 is 1.05 bits per heavy atom. The van der Waals surface area contributed by atoms with Crippen molar-refractivity contribution in [3.8, 4) is 11.5 Å². The van der Waals surface area contributed by atoms with E-state index >= 15 is 0 Å². The van der Waals surface area contributed by atoms with Crippen LogP contribution >= 0.6 is 23.4 Å². The lowest BCUT2D eigenvalue weighted by molar-refractivity contribution is -0.138. The number of carbonyl (C=O) groups excluding carboxylic acids is 2. The van der Waals surface area contributed by atoms with E-state index in [0.717, 1.165) is 28.3 Å². The number of carbonyl (C=O) groups is 2. The number of methoxy groups -OCH3 is 2. The fourth-order valence-corrected chi connectivity index (χ4v) is 5.67. The Labute approximate surface area is 227 Å². The van der Waals surface area contributed by atoms with Gasteiger partial charge in [-0.1, -0.05) is 36.7 Å². The van der Waals surface area contributed by atoms with Crippen LogP contribution in [0.25, 0.3) is 0 Å². The molecule has 0 unspecified atom stereocenters. The third kappa shape index (κ3) is 5.83. The van der Waals surface area contributed by atoms with Gasteiger partial charge in [0.15, 0.2) is 17.3 Å². The van der Waals surface area contributed by atoms with Gasteiger partial charge >= 0.3 is 5.97 Å². The molecule has 196 valence electrons. The first-order chi connectivity index (χ1) is 17.9. The maximum absolute atomic E-state index is 13.8. The van der Waals surface area contributed by atoms with E-state index < -0.39 is 11.9 Å². The predicted molar refractivity (Wildman–Crippen MR) is 148 cm³/mol. The minimum absolute atomic E-state index is 0.00724. The molecule has 2 aliphatic rings. The van der Waals surface area contributed by atoms with Gasteiger partial charge in [0, 0.05) is 40.1 Å². The molecule has 0 aromatic heterocycles. The van der Waals surface area contributed by atoms with E-state index in [1.165, 1.54) is 0 Å². The average Bonchev–Trinajstić information content (AvgIpc) is 2.90. The summed E-state index contributed by atoms with van der Waals surface area (Å²) in [4.78, 5) is 27.1. The Morgan fingerprint density at radius 2 is 1.76 bits per heavy atom. The van der Waals surface area contributed by atoms with E-state index in [0.29, 0.717) is 52.8 Å². The molecule has 0 spiro atoms. The van der Waals surface area contributed by atoms with Crippen molar-refractivity contribution in [1.29, 1.82) is 0 Å². The lowest BCUT2D eigenvalue weighted by Crippen LogP contribution is -2.36. The molecule has 37 heavy (non-hydrogen) atoms. The van der Waals surface area contributed by atoms with E-state index in [1.807, 2.05) is 37.3 Å². The molecule has 1 N–H and O–H groups in total. The SMILES string of the molecule is CCSCCOC(=O)C1=C(C)NC2=C(C(=O)C[C@H](c3ccc(OC)c(OC)c3)C2)[C@@H]1c1ccc(Cl)cc1. The quantitative estimate of drug-likeness (QED) is 0.307. The van der Waals surface area contributed by atoms with Crippen molar-refractivity contribution in [2.45, 2.75) is 38.5 Å². The van der Waals surface area contributed by atoms with Crippen molar-refractivity contribution < 1.29 is 23.8 Å². The second-order valence-electron chi connectivity index (χ2n) is 9.02. The highest BCUT2D eigenvalue weighted by atomic mass is 35.5. The monoisotopic (exact) mass is 541 g/mol. The van der Waals surface area contributed by atoms with Crippen LogP contribution in [-0.2, 0) is 14.3 Å². The van der Waals surface area contributed by atoms with E-state index in [9.17, 15) is 9.59 Å². The van der Waals surface area contributed by atoms with Gasteiger partial charge in [-0.2, -0.15) is 11.8 Å². The first-order valence-corrected chi connectivity index (χ1v) is 13.9. The summed E-state index contributed by atoms with van der Waals surface area (Å²) in [5.74, 6) is 2.02. The molecule has 1 aliphatic carbocycles. The van der Waals surface area contributed by atoms with Crippen molar-refractivity contribution in [1.82, 2.24) is 5.32 Å². The molecule has 2 atom stereocenters. The number of ether oxygens (including phenoxy) is 3. The highest BCUT2D eigenvalue weighted by molar-refractivity contribution is 7.99. The fourth-order valence-electron chi connectivity index (χ4n) is 5.06. The summed E-state index contributed by atoms with van der Waals surface area (Å²) in [7, 11) is 3.20. The van der Waals surface area contributed by atoms with Gasteiger partial charge in [-0.05, 0) is 60.4 Å². The van der Waals surface area contributed by atoms with Crippen LogP contribution in [0.5, 0.6) is 11.5 Å². The van der Waals surface area contributed by atoms with Crippen LogP contribution in [0.1, 0.15) is 49.7 Å². The highest BCUT2D eigenvalue weighted by Gasteiger charge is 2.41. The molecule has 0 amide bonds. The number of ketones is 1. The number of halogens is 1. The Bertz CT molecular complexity index is 1240. The molecule has 0 fully saturated rings. The van der Waals surface area contributed by atoms with Gasteiger partial charge in [0.25, 0.3) is 0 Å². The van der Waals surface area contributed by atoms with E-state index in [4.69, 9.17) is 25.8 Å². The van der Waals surface area contributed by atoms with Gasteiger partial charge in [-0.25, -0.2) is 4.79 Å². The number of Topliss-reactive ketones (excluding diaryl/α,β-unsaturated/α-hetero) is 1. The Kier molecular flexibility index (Phi) is 8.87. The third-order valence-electron chi connectivity index (χ3n) is 6.79. The topological polar surface area (TPSA) is 73.9 Å². The summed E-state index contributed by atoms with van der Waals surface area (Å²) < 4.78 is 16.5. The van der Waals surface area contributed by atoms with E-state index in [2.05, 4.69) is 12.2 Å². The first kappa shape index (κ1) is 27.1. The molecular formula is C29H32ClNO5S. The van der Waals surface area contributed by atoms with Crippen molar-refractivity contribution in [3.05, 3.63) is 81.2 Å². The molecule has 2 aromatic rings. The van der Waals surface area contributed by atoms with Gasteiger partial charge in [-0.3, -0.25) is 4.79 Å². The molecule has 0 saturated heterocycles. The van der Waals surface area contributed by atoms with Gasteiger partial charge in [0.05, 0.1) is 19.8 Å². The molecule has 8 heteroatoms. The number of esters is 1. The van der Waals surface area contributed by atoms with Crippen LogP contribution in [0.4, 0.5) is 0 Å². The van der Waals surface area contributed by atoms with Gasteiger partial charge in [0.2, 0.25) is 0 Å². The van der Waals surface area contributed by atoms with Crippen LogP contribution < -0.4 is 14.8 Å². The smallest absolute Gasteiger partial charge is 0.336 e. The second-order valence-corrected chi connectivity index (χ2v) is 10.8. The maximum atomic E-state index is 13.8. The molecule has 0 radical (unpaired) electrons. The van der Waals surface area contributed by atoms with Crippen LogP contribution in [0.2, 0.25) is 5.02 Å². The lowest BCUT2D eigenvalue weighted by Gasteiger charge is -2.36. The molecule has 4 rings (SSSR count). The van der Waals surface area contributed by atoms with Gasteiger partial charge in [-0.15, -0.1) is 0 Å². The number of benzene rings is 2. The molecule has 1 aliphatic heterocycles. The number of dihydropyridines is 1. The summed E-state index contributed by atoms with van der Waals surface area (Å²) >= 11 is 7.87. The van der Waals surface area contributed by atoms with Gasteiger partial charge in [0.1, 0.15) is 6.61 Å². The molecule has 6 nitrogen and oxygen atoms in total. The lowest BCUT2D eigenvalue weighted by atomic mass is 9.71. The normalized spacial score (nSPS) is 19.3. The minimum atomic E-state index is -0.515. The van der Waals surface area contributed by atoms with Crippen LogP contribution in [0.15, 0.2) is 65.0 Å². The third-order valence-corrected chi connectivity index (χ3v) is 7.91. The van der Waals surface area contributed by atoms with E-state index in [-0.39, 0.29) is 11.7 Å². The van der Waals surface area contributed by atoms with Crippen molar-refractivity contribution in [3.63, 3.8) is 0 Å². The molecular weight excluding hydrogens is 510 g/mol. The van der Waals surface area contributed by atoms with Crippen molar-refractivity contribution >= 4 is 35.1 Å². The minimum Gasteiger partial charge on any atom is -0.493 e. The Balaban J connectivity index is 1.70. The van der Waals surface area contributed by atoms with Crippen molar-refractivity contribution in [2.75, 3.05) is 32.3 Å². The number of allylic oxidation sites excluding steroid dienone is 3.